The highest BCUT2D eigenvalue weighted by Gasteiger charge is 2.52. The SMILES string of the molecule is c1ccc(-c2nc(-c3ccccc3)nc(-c3ccc(-n4c5ccccc5c5c6c(ccc54)-c4ccccc4C64c5ccccc5-c5ccccc54)c4oc5ccccc5c34)n2)cc1. The molecule has 0 aliphatic heterocycles. The standard InChI is InChI=1S/C58H34N4O/c1-3-17-35(18-4-1)55-59-56(36-19-5-2-6-20-36)61-57(60-55)43-32-34-49(54-51(43)42-25-11-16-30-50(42)63-54)62-47-29-15-10-24-41(47)52-48(62)33-31-40-39-23-9-14-28-46(39)58(53(40)52)44-26-12-7-21-37(44)38-22-8-13-27-45(38)58/h1-34H. The summed E-state index contributed by atoms with van der Waals surface area (Å²) in [6.45, 7) is 0. The zero-order valence-electron chi connectivity index (χ0n) is 33.8. The van der Waals surface area contributed by atoms with Gasteiger partial charge in [-0.1, -0.05) is 176 Å². The molecule has 0 N–H and O–H groups in total. The Hall–Kier alpha value is -8.41. The predicted molar refractivity (Wildman–Crippen MR) is 254 cm³/mol. The van der Waals surface area contributed by atoms with Crippen LogP contribution in [0.3, 0.4) is 0 Å². The summed E-state index contributed by atoms with van der Waals surface area (Å²) in [5.74, 6) is 1.82. The summed E-state index contributed by atoms with van der Waals surface area (Å²) in [7, 11) is 0. The summed E-state index contributed by atoms with van der Waals surface area (Å²) >= 11 is 0. The number of nitrogens with zero attached hydrogens (tertiary/aromatic N) is 4. The van der Waals surface area contributed by atoms with Gasteiger partial charge < -0.3 is 8.98 Å². The maximum Gasteiger partial charge on any atom is 0.164 e. The van der Waals surface area contributed by atoms with Crippen molar-refractivity contribution in [2.75, 3.05) is 0 Å². The van der Waals surface area contributed by atoms with E-state index in [1.54, 1.807) is 0 Å². The number of aromatic nitrogens is 4. The van der Waals surface area contributed by atoms with Gasteiger partial charge >= 0.3 is 0 Å². The van der Waals surface area contributed by atoms with Crippen LogP contribution in [0, 0.1) is 0 Å². The van der Waals surface area contributed by atoms with Gasteiger partial charge in [0.15, 0.2) is 23.1 Å². The Labute approximate surface area is 362 Å². The number of benzene rings is 9. The van der Waals surface area contributed by atoms with Crippen molar-refractivity contribution in [1.82, 2.24) is 19.5 Å². The van der Waals surface area contributed by atoms with Crippen LogP contribution in [0.5, 0.6) is 0 Å². The number of furan rings is 1. The van der Waals surface area contributed by atoms with Crippen LogP contribution in [0.1, 0.15) is 22.3 Å². The van der Waals surface area contributed by atoms with Crippen molar-refractivity contribution in [2.24, 2.45) is 0 Å². The minimum atomic E-state index is -0.502. The Balaban J connectivity index is 1.08. The lowest BCUT2D eigenvalue weighted by Gasteiger charge is -2.31. The van der Waals surface area contributed by atoms with Crippen LogP contribution in [0.15, 0.2) is 211 Å². The molecule has 0 amide bonds. The minimum absolute atomic E-state index is 0.502. The third-order valence-electron chi connectivity index (χ3n) is 13.5. The molecule has 2 aliphatic carbocycles. The van der Waals surface area contributed by atoms with E-state index < -0.39 is 5.41 Å². The zero-order chi connectivity index (χ0) is 41.2. The van der Waals surface area contributed by atoms with Gasteiger partial charge in [-0.3, -0.25) is 0 Å². The van der Waals surface area contributed by atoms with E-state index in [-0.39, 0.29) is 0 Å². The van der Waals surface area contributed by atoms with E-state index in [0.29, 0.717) is 17.5 Å². The van der Waals surface area contributed by atoms with Crippen molar-refractivity contribution in [3.05, 3.63) is 229 Å². The third kappa shape index (κ3) is 4.57. The van der Waals surface area contributed by atoms with Crippen LogP contribution in [0.4, 0.5) is 0 Å². The molecule has 0 atom stereocenters. The van der Waals surface area contributed by atoms with Crippen molar-refractivity contribution in [3.63, 3.8) is 0 Å². The predicted octanol–water partition coefficient (Wildman–Crippen LogP) is 14.2. The zero-order valence-corrected chi connectivity index (χ0v) is 33.8. The van der Waals surface area contributed by atoms with E-state index in [1.807, 2.05) is 66.7 Å². The average molecular weight is 803 g/mol. The molecule has 1 spiro atoms. The maximum absolute atomic E-state index is 7.03. The first-order valence-electron chi connectivity index (χ1n) is 21.5. The smallest absolute Gasteiger partial charge is 0.164 e. The first-order valence-corrected chi connectivity index (χ1v) is 21.5. The van der Waals surface area contributed by atoms with Gasteiger partial charge in [0.2, 0.25) is 0 Å². The Morgan fingerprint density at radius 1 is 0.365 bits per heavy atom. The summed E-state index contributed by atoms with van der Waals surface area (Å²) < 4.78 is 9.45. The highest BCUT2D eigenvalue weighted by Crippen LogP contribution is 2.64. The number of hydrogen-bond acceptors (Lipinski definition) is 4. The topological polar surface area (TPSA) is 56.7 Å². The lowest BCUT2D eigenvalue weighted by Crippen LogP contribution is -2.26. The second-order valence-electron chi connectivity index (χ2n) is 16.6. The number of para-hydroxylation sites is 2. The molecular weight excluding hydrogens is 769 g/mol. The fourth-order valence-electron chi connectivity index (χ4n) is 11.0. The van der Waals surface area contributed by atoms with E-state index >= 15 is 0 Å². The van der Waals surface area contributed by atoms with Crippen molar-refractivity contribution in [1.29, 1.82) is 0 Å². The summed E-state index contributed by atoms with van der Waals surface area (Å²) in [6, 6.07) is 73.6. The second kappa shape index (κ2) is 12.8. The summed E-state index contributed by atoms with van der Waals surface area (Å²) in [6.07, 6.45) is 0. The Bertz CT molecular complexity index is 3740. The minimum Gasteiger partial charge on any atom is -0.454 e. The molecule has 5 heteroatoms. The second-order valence-corrected chi connectivity index (χ2v) is 16.6. The van der Waals surface area contributed by atoms with Crippen LogP contribution in [-0.4, -0.2) is 19.5 Å². The van der Waals surface area contributed by atoms with Gasteiger partial charge in [0, 0.05) is 38.2 Å². The van der Waals surface area contributed by atoms with Gasteiger partial charge in [0.05, 0.1) is 22.1 Å². The normalized spacial score (nSPS) is 13.2. The Kier molecular flexibility index (Phi) is 6.97. The van der Waals surface area contributed by atoms with Crippen molar-refractivity contribution >= 4 is 43.7 Å². The van der Waals surface area contributed by atoms with E-state index in [2.05, 4.69) is 144 Å². The van der Waals surface area contributed by atoms with E-state index in [9.17, 15) is 0 Å². The molecule has 3 heterocycles. The molecule has 0 saturated heterocycles. The molecule has 14 rings (SSSR count). The van der Waals surface area contributed by atoms with Crippen LogP contribution < -0.4 is 0 Å². The third-order valence-corrected chi connectivity index (χ3v) is 13.5. The molecule has 5 nitrogen and oxygen atoms in total. The molecule has 0 radical (unpaired) electrons. The molecule has 3 aromatic heterocycles. The molecule has 63 heavy (non-hydrogen) atoms. The van der Waals surface area contributed by atoms with E-state index in [0.717, 1.165) is 55.3 Å². The lowest BCUT2D eigenvalue weighted by molar-refractivity contribution is 0.666. The summed E-state index contributed by atoms with van der Waals surface area (Å²) in [5.41, 5.74) is 17.4. The number of rotatable bonds is 4. The van der Waals surface area contributed by atoms with Gasteiger partial charge in [-0.05, 0) is 74.8 Å². The summed E-state index contributed by atoms with van der Waals surface area (Å²) in [4.78, 5) is 15.4. The molecule has 12 aromatic rings. The molecule has 0 unspecified atom stereocenters. The molecule has 0 saturated carbocycles. The van der Waals surface area contributed by atoms with E-state index in [4.69, 9.17) is 19.4 Å². The molecule has 0 fully saturated rings. The highest BCUT2D eigenvalue weighted by atomic mass is 16.3. The maximum atomic E-state index is 7.03. The molecule has 2 aliphatic rings. The summed E-state index contributed by atoms with van der Waals surface area (Å²) in [5, 5.41) is 4.41. The number of hydrogen-bond donors (Lipinski definition) is 0. The van der Waals surface area contributed by atoms with Gasteiger partial charge in [-0.2, -0.15) is 0 Å². The Morgan fingerprint density at radius 2 is 0.873 bits per heavy atom. The van der Waals surface area contributed by atoms with Gasteiger partial charge in [-0.25, -0.2) is 15.0 Å². The van der Waals surface area contributed by atoms with Crippen LogP contribution in [0.2, 0.25) is 0 Å². The van der Waals surface area contributed by atoms with E-state index in [1.165, 1.54) is 55.3 Å². The molecular formula is C58H34N4O. The molecule has 0 bridgehead atoms. The van der Waals surface area contributed by atoms with Crippen LogP contribution in [-0.2, 0) is 5.41 Å². The first-order chi connectivity index (χ1) is 31.3. The van der Waals surface area contributed by atoms with Crippen LogP contribution >= 0.6 is 0 Å². The fourth-order valence-corrected chi connectivity index (χ4v) is 11.0. The monoisotopic (exact) mass is 802 g/mol. The van der Waals surface area contributed by atoms with Gasteiger partial charge in [0.25, 0.3) is 0 Å². The quantitative estimate of drug-likeness (QED) is 0.178. The van der Waals surface area contributed by atoms with Gasteiger partial charge in [0.1, 0.15) is 5.58 Å². The molecule has 292 valence electrons. The highest BCUT2D eigenvalue weighted by molar-refractivity contribution is 6.19. The largest absolute Gasteiger partial charge is 0.454 e. The fraction of sp³-hybridized carbons (Fsp3) is 0.0172. The average Bonchev–Trinajstić information content (AvgIpc) is 4.08. The molecule has 9 aromatic carbocycles. The van der Waals surface area contributed by atoms with Crippen molar-refractivity contribution in [2.45, 2.75) is 5.41 Å². The Morgan fingerprint density at radius 3 is 1.52 bits per heavy atom. The van der Waals surface area contributed by atoms with Crippen molar-refractivity contribution in [3.8, 4) is 62.1 Å². The lowest BCUT2D eigenvalue weighted by atomic mass is 9.69. The van der Waals surface area contributed by atoms with Crippen molar-refractivity contribution < 1.29 is 4.42 Å². The van der Waals surface area contributed by atoms with Gasteiger partial charge in [-0.15, -0.1) is 0 Å². The first kappa shape index (κ1) is 34.3. The number of fused-ring (bicyclic) bond motifs is 17. The van der Waals surface area contributed by atoms with Crippen LogP contribution in [0.25, 0.3) is 106 Å².